The molecule has 0 amide bonds. The molecule has 0 aliphatic heterocycles. The predicted molar refractivity (Wildman–Crippen MR) is 86.2 cm³/mol. The minimum atomic E-state index is -5.02. The Labute approximate surface area is 149 Å². The number of alkyl halides is 6. The maximum Gasteiger partial charge on any atom is 0.488 e. The van der Waals surface area contributed by atoms with Gasteiger partial charge in [0, 0.05) is 0 Å². The van der Waals surface area contributed by atoms with E-state index in [4.69, 9.17) is 10.0 Å². The van der Waals surface area contributed by atoms with Gasteiger partial charge in [-0.3, -0.25) is 0 Å². The number of hydrogen-bond donors (Lipinski definition) is 2. The first-order chi connectivity index (χ1) is 12.4. The molecule has 0 fully saturated rings. The van der Waals surface area contributed by atoms with E-state index in [9.17, 15) is 31.6 Å². The lowest BCUT2D eigenvalue weighted by Gasteiger charge is -2.14. The van der Waals surface area contributed by atoms with E-state index in [1.54, 1.807) is 6.07 Å². The molecule has 0 radical (unpaired) electrons. The van der Waals surface area contributed by atoms with E-state index in [0.29, 0.717) is 12.1 Å². The Morgan fingerprint density at radius 1 is 0.889 bits per heavy atom. The van der Waals surface area contributed by atoms with Crippen molar-refractivity contribution in [1.29, 1.82) is 5.26 Å². The normalized spacial score (nSPS) is 12.6. The first-order valence-corrected chi connectivity index (χ1v) is 7.29. The Hall–Kier alpha value is -2.77. The standard InChI is InChI=1S/C17H10BF6NO2/c19-16(20,21)13-6-11(7-14(8-13)17(22,23)24)12(9-25)5-10-1-3-15(4-2-10)18(26)27/h1-8,26-27H/b12-5+. The summed E-state index contributed by atoms with van der Waals surface area (Å²) in [7, 11) is -1.74. The van der Waals surface area contributed by atoms with Crippen LogP contribution >= 0.6 is 0 Å². The zero-order valence-corrected chi connectivity index (χ0v) is 13.3. The highest BCUT2D eigenvalue weighted by molar-refractivity contribution is 6.58. The first kappa shape index (κ1) is 20.5. The second-order valence-electron chi connectivity index (χ2n) is 5.50. The fourth-order valence-corrected chi connectivity index (χ4v) is 2.22. The topological polar surface area (TPSA) is 64.2 Å². The van der Waals surface area contributed by atoms with Crippen LogP contribution in [0.4, 0.5) is 26.3 Å². The summed E-state index contributed by atoms with van der Waals surface area (Å²) < 4.78 is 77.6. The maximum atomic E-state index is 12.9. The van der Waals surface area contributed by atoms with Crippen molar-refractivity contribution in [3.63, 3.8) is 0 Å². The number of rotatable bonds is 3. The Morgan fingerprint density at radius 3 is 1.74 bits per heavy atom. The number of benzene rings is 2. The van der Waals surface area contributed by atoms with Crippen molar-refractivity contribution in [3.8, 4) is 6.07 Å². The summed E-state index contributed by atoms with van der Waals surface area (Å²) in [5.74, 6) is 0. The van der Waals surface area contributed by atoms with Gasteiger partial charge in [0.2, 0.25) is 0 Å². The minimum Gasteiger partial charge on any atom is -0.423 e. The third-order valence-electron chi connectivity index (χ3n) is 3.56. The van der Waals surface area contributed by atoms with Gasteiger partial charge in [0.1, 0.15) is 0 Å². The molecule has 0 saturated heterocycles. The van der Waals surface area contributed by atoms with Crippen LogP contribution in [0, 0.1) is 11.3 Å². The Morgan fingerprint density at radius 2 is 1.37 bits per heavy atom. The van der Waals surface area contributed by atoms with Crippen molar-refractivity contribution in [2.75, 3.05) is 0 Å². The predicted octanol–water partition coefficient (Wildman–Crippen LogP) is 3.47. The Kier molecular flexibility index (Phi) is 5.68. The van der Waals surface area contributed by atoms with Crippen LogP contribution in [0.3, 0.4) is 0 Å². The van der Waals surface area contributed by atoms with Gasteiger partial charge < -0.3 is 10.0 Å². The van der Waals surface area contributed by atoms with Crippen LogP contribution in [-0.2, 0) is 12.4 Å². The summed E-state index contributed by atoms with van der Waals surface area (Å²) in [6, 6.07) is 7.76. The van der Waals surface area contributed by atoms with Gasteiger partial charge in [-0.15, -0.1) is 0 Å². The van der Waals surface area contributed by atoms with Crippen LogP contribution in [0.15, 0.2) is 42.5 Å². The van der Waals surface area contributed by atoms with Gasteiger partial charge in [-0.2, -0.15) is 31.6 Å². The number of halogens is 6. The van der Waals surface area contributed by atoms with Crippen LogP contribution < -0.4 is 5.46 Å². The molecular weight excluding hydrogens is 375 g/mol. The average Bonchev–Trinajstić information content (AvgIpc) is 2.58. The molecule has 0 aliphatic carbocycles. The van der Waals surface area contributed by atoms with E-state index < -0.39 is 41.7 Å². The van der Waals surface area contributed by atoms with E-state index >= 15 is 0 Å². The second kappa shape index (κ2) is 7.46. The summed E-state index contributed by atoms with van der Waals surface area (Å²) >= 11 is 0. The van der Waals surface area contributed by atoms with Crippen LogP contribution in [-0.4, -0.2) is 17.2 Å². The van der Waals surface area contributed by atoms with Crippen molar-refractivity contribution in [2.24, 2.45) is 0 Å². The van der Waals surface area contributed by atoms with Gasteiger partial charge in [-0.1, -0.05) is 24.3 Å². The van der Waals surface area contributed by atoms with E-state index in [0.717, 1.165) is 6.08 Å². The van der Waals surface area contributed by atoms with Crippen molar-refractivity contribution in [3.05, 3.63) is 64.7 Å². The van der Waals surface area contributed by atoms with E-state index in [1.807, 2.05) is 0 Å². The first-order valence-electron chi connectivity index (χ1n) is 7.29. The third-order valence-corrected chi connectivity index (χ3v) is 3.56. The molecule has 2 rings (SSSR count). The highest BCUT2D eigenvalue weighted by atomic mass is 19.4. The number of hydrogen-bond acceptors (Lipinski definition) is 3. The number of nitriles is 1. The summed E-state index contributed by atoms with van der Waals surface area (Å²) in [5, 5.41) is 27.2. The van der Waals surface area contributed by atoms with Crippen LogP contribution in [0.1, 0.15) is 22.3 Å². The molecule has 3 nitrogen and oxygen atoms in total. The molecule has 0 heterocycles. The molecule has 2 aromatic carbocycles. The van der Waals surface area contributed by atoms with E-state index in [1.165, 1.54) is 24.3 Å². The monoisotopic (exact) mass is 385 g/mol. The summed E-state index contributed by atoms with van der Waals surface area (Å²) in [5.41, 5.74) is -3.58. The number of nitrogens with zero attached hydrogens (tertiary/aromatic N) is 1. The molecule has 0 unspecified atom stereocenters. The van der Waals surface area contributed by atoms with Crippen molar-refractivity contribution < 1.29 is 36.4 Å². The zero-order valence-electron chi connectivity index (χ0n) is 13.3. The smallest absolute Gasteiger partial charge is 0.423 e. The summed E-state index contributed by atoms with van der Waals surface area (Å²) in [4.78, 5) is 0. The molecule has 0 aromatic heterocycles. The van der Waals surface area contributed by atoms with Crippen molar-refractivity contribution >= 4 is 24.2 Å². The minimum absolute atomic E-state index is 0.0179. The number of allylic oxidation sites excluding steroid dienone is 1. The third kappa shape index (κ3) is 5.12. The molecule has 0 spiro atoms. The molecule has 140 valence electrons. The van der Waals surface area contributed by atoms with Crippen LogP contribution in [0.25, 0.3) is 11.6 Å². The largest absolute Gasteiger partial charge is 0.488 e. The molecule has 10 heteroatoms. The van der Waals surface area contributed by atoms with Gasteiger partial charge in [0.05, 0.1) is 22.8 Å². The summed E-state index contributed by atoms with van der Waals surface area (Å²) in [6.45, 7) is 0. The highest BCUT2D eigenvalue weighted by Crippen LogP contribution is 2.37. The molecule has 0 atom stereocenters. The van der Waals surface area contributed by atoms with Gasteiger partial charge >= 0.3 is 19.5 Å². The molecule has 0 bridgehead atoms. The molecule has 0 aliphatic rings. The van der Waals surface area contributed by atoms with Gasteiger partial charge in [0.25, 0.3) is 0 Å². The second-order valence-corrected chi connectivity index (χ2v) is 5.50. The molecule has 0 saturated carbocycles. The molecule has 2 N–H and O–H groups in total. The lowest BCUT2D eigenvalue weighted by Crippen LogP contribution is -2.29. The average molecular weight is 385 g/mol. The summed E-state index contributed by atoms with van der Waals surface area (Å²) in [6.07, 6.45) is -8.94. The van der Waals surface area contributed by atoms with Crippen LogP contribution in [0.5, 0.6) is 0 Å². The molecule has 27 heavy (non-hydrogen) atoms. The van der Waals surface area contributed by atoms with Gasteiger partial charge in [-0.25, -0.2) is 0 Å². The Bertz CT molecular complexity index is 863. The Balaban J connectivity index is 2.57. The lowest BCUT2D eigenvalue weighted by molar-refractivity contribution is -0.143. The fraction of sp³-hybridized carbons (Fsp3) is 0.118. The zero-order chi connectivity index (χ0) is 20.4. The van der Waals surface area contributed by atoms with Crippen molar-refractivity contribution in [1.82, 2.24) is 0 Å². The van der Waals surface area contributed by atoms with Gasteiger partial charge in [-0.05, 0) is 40.9 Å². The highest BCUT2D eigenvalue weighted by Gasteiger charge is 2.37. The lowest BCUT2D eigenvalue weighted by atomic mass is 9.80. The van der Waals surface area contributed by atoms with Crippen molar-refractivity contribution in [2.45, 2.75) is 12.4 Å². The fourth-order valence-electron chi connectivity index (χ4n) is 2.22. The van der Waals surface area contributed by atoms with E-state index in [2.05, 4.69) is 0 Å². The van der Waals surface area contributed by atoms with Gasteiger partial charge in [0.15, 0.2) is 0 Å². The SMILES string of the molecule is N#C/C(=C\c1ccc(B(O)O)cc1)c1cc(C(F)(F)F)cc(C(F)(F)F)c1. The maximum absolute atomic E-state index is 12.9. The van der Waals surface area contributed by atoms with E-state index in [-0.39, 0.29) is 17.1 Å². The quantitative estimate of drug-likeness (QED) is 0.368. The van der Waals surface area contributed by atoms with Crippen LogP contribution in [0.2, 0.25) is 0 Å². The molecular formula is C17H10BF6NO2. The molecule has 2 aromatic rings.